The SMILES string of the molecule is CC/C=C\C/C=C\C/C=C\C/C=C\C/C=C\CCC(=O)OC(COC(=O)CCCCCCC/C=C\CCCCCCCCCCC)COC(=O)CCCCCCCCCCCCCCCCCC. The van der Waals surface area contributed by atoms with Gasteiger partial charge < -0.3 is 14.2 Å². The van der Waals surface area contributed by atoms with E-state index >= 15 is 0 Å². The van der Waals surface area contributed by atoms with Crippen LogP contribution in [0.15, 0.2) is 72.9 Å². The van der Waals surface area contributed by atoms with E-state index in [-0.39, 0.29) is 37.5 Å². The highest BCUT2D eigenvalue weighted by atomic mass is 16.6. The van der Waals surface area contributed by atoms with E-state index in [1.807, 2.05) is 6.08 Å². The van der Waals surface area contributed by atoms with Crippen LogP contribution in [-0.2, 0) is 28.6 Å². The molecule has 0 aromatic carbocycles. The van der Waals surface area contributed by atoms with E-state index in [4.69, 9.17) is 14.2 Å². The van der Waals surface area contributed by atoms with Crippen LogP contribution in [0.3, 0.4) is 0 Å². The summed E-state index contributed by atoms with van der Waals surface area (Å²) in [4.78, 5) is 38.1. The first-order chi connectivity index (χ1) is 33.5. The summed E-state index contributed by atoms with van der Waals surface area (Å²) in [7, 11) is 0. The van der Waals surface area contributed by atoms with Crippen LogP contribution in [0, 0.1) is 0 Å². The van der Waals surface area contributed by atoms with Gasteiger partial charge in [0.2, 0.25) is 0 Å². The highest BCUT2D eigenvalue weighted by Gasteiger charge is 2.19. The number of hydrogen-bond donors (Lipinski definition) is 0. The smallest absolute Gasteiger partial charge is 0.306 e. The second-order valence-corrected chi connectivity index (χ2v) is 19.2. The summed E-state index contributed by atoms with van der Waals surface area (Å²) in [5.74, 6) is -0.987. The first-order valence-corrected chi connectivity index (χ1v) is 28.9. The van der Waals surface area contributed by atoms with E-state index in [0.29, 0.717) is 19.3 Å². The molecule has 0 radical (unpaired) electrons. The normalized spacial score (nSPS) is 12.6. The zero-order chi connectivity index (χ0) is 49.3. The van der Waals surface area contributed by atoms with Gasteiger partial charge in [0.15, 0.2) is 6.10 Å². The van der Waals surface area contributed by atoms with Crippen molar-refractivity contribution in [3.8, 4) is 0 Å². The topological polar surface area (TPSA) is 78.9 Å². The summed E-state index contributed by atoms with van der Waals surface area (Å²) in [5.41, 5.74) is 0. The van der Waals surface area contributed by atoms with Crippen LogP contribution in [0.4, 0.5) is 0 Å². The van der Waals surface area contributed by atoms with Crippen molar-refractivity contribution in [1.29, 1.82) is 0 Å². The Morgan fingerprint density at radius 2 is 0.603 bits per heavy atom. The molecule has 1 unspecified atom stereocenters. The minimum atomic E-state index is -0.817. The average Bonchev–Trinajstić information content (AvgIpc) is 3.34. The quantitative estimate of drug-likeness (QED) is 0.0262. The number of hydrogen-bond acceptors (Lipinski definition) is 6. The number of allylic oxidation sites excluding steroid dienone is 12. The van der Waals surface area contributed by atoms with E-state index in [0.717, 1.165) is 77.0 Å². The number of ether oxygens (including phenoxy) is 3. The molecule has 0 rings (SSSR count). The molecular formula is C62H108O6. The molecule has 0 N–H and O–H groups in total. The summed E-state index contributed by atoms with van der Waals surface area (Å²) in [6, 6.07) is 0. The third kappa shape index (κ3) is 53.8. The second-order valence-electron chi connectivity index (χ2n) is 19.2. The minimum Gasteiger partial charge on any atom is -0.462 e. The van der Waals surface area contributed by atoms with Crippen molar-refractivity contribution in [3.05, 3.63) is 72.9 Å². The predicted octanol–water partition coefficient (Wildman–Crippen LogP) is 19.4. The van der Waals surface area contributed by atoms with Gasteiger partial charge in [-0.15, -0.1) is 0 Å². The van der Waals surface area contributed by atoms with Crippen LogP contribution >= 0.6 is 0 Å². The Morgan fingerprint density at radius 3 is 0.956 bits per heavy atom. The van der Waals surface area contributed by atoms with Crippen LogP contribution in [0.5, 0.6) is 0 Å². The Bertz CT molecular complexity index is 1270. The lowest BCUT2D eigenvalue weighted by molar-refractivity contribution is -0.166. The van der Waals surface area contributed by atoms with Gasteiger partial charge in [-0.2, -0.15) is 0 Å². The van der Waals surface area contributed by atoms with Crippen LogP contribution in [0.1, 0.15) is 284 Å². The molecule has 392 valence electrons. The highest BCUT2D eigenvalue weighted by Crippen LogP contribution is 2.16. The van der Waals surface area contributed by atoms with Crippen LogP contribution in [0.2, 0.25) is 0 Å². The van der Waals surface area contributed by atoms with E-state index in [1.54, 1.807) is 0 Å². The van der Waals surface area contributed by atoms with Crippen molar-refractivity contribution >= 4 is 17.9 Å². The summed E-state index contributed by atoms with van der Waals surface area (Å²) < 4.78 is 16.8. The van der Waals surface area contributed by atoms with Gasteiger partial charge in [0, 0.05) is 19.3 Å². The Labute approximate surface area is 421 Å². The Hall–Kier alpha value is -3.15. The molecule has 0 saturated heterocycles. The fourth-order valence-electron chi connectivity index (χ4n) is 8.13. The number of rotatable bonds is 52. The first-order valence-electron chi connectivity index (χ1n) is 28.9. The van der Waals surface area contributed by atoms with Crippen LogP contribution < -0.4 is 0 Å². The molecule has 0 heterocycles. The van der Waals surface area contributed by atoms with Crippen molar-refractivity contribution < 1.29 is 28.6 Å². The fourth-order valence-corrected chi connectivity index (χ4v) is 8.13. The first kappa shape index (κ1) is 64.8. The largest absolute Gasteiger partial charge is 0.462 e. The Balaban J connectivity index is 4.46. The molecule has 0 aromatic rings. The van der Waals surface area contributed by atoms with E-state index < -0.39 is 6.10 Å². The molecule has 0 saturated carbocycles. The molecule has 1 atom stereocenters. The number of esters is 3. The van der Waals surface area contributed by atoms with Crippen LogP contribution in [-0.4, -0.2) is 37.2 Å². The molecule has 0 aliphatic carbocycles. The molecule has 0 spiro atoms. The van der Waals surface area contributed by atoms with Gasteiger partial charge in [-0.1, -0.05) is 261 Å². The lowest BCUT2D eigenvalue weighted by Crippen LogP contribution is -2.30. The third-order valence-electron chi connectivity index (χ3n) is 12.5. The van der Waals surface area contributed by atoms with Gasteiger partial charge in [0.05, 0.1) is 0 Å². The molecule has 0 amide bonds. The molecule has 0 aliphatic heterocycles. The van der Waals surface area contributed by atoms with Crippen molar-refractivity contribution in [2.24, 2.45) is 0 Å². The van der Waals surface area contributed by atoms with Crippen molar-refractivity contribution in [3.63, 3.8) is 0 Å². The molecule has 0 fully saturated rings. The molecular weight excluding hydrogens is 841 g/mol. The lowest BCUT2D eigenvalue weighted by atomic mass is 10.0. The highest BCUT2D eigenvalue weighted by molar-refractivity contribution is 5.71. The molecule has 68 heavy (non-hydrogen) atoms. The van der Waals surface area contributed by atoms with Crippen molar-refractivity contribution in [1.82, 2.24) is 0 Å². The van der Waals surface area contributed by atoms with Gasteiger partial charge >= 0.3 is 17.9 Å². The van der Waals surface area contributed by atoms with Crippen LogP contribution in [0.25, 0.3) is 0 Å². The standard InChI is InChI=1S/C62H108O6/c1-4-7-10-13-16-19-22-25-28-31-32-35-37-40-43-46-49-52-55-61(64)67-58-59(68-62(65)56-53-50-47-44-41-38-34-30-27-24-21-18-15-12-9-6-3)57-66-60(63)54-51-48-45-42-39-36-33-29-26-23-20-17-14-11-8-5-2/h9,12,18,21,27,30,32,35,38,41,47,50,59H,4-8,10-11,13-17,19-20,22-26,28-29,31,33-34,36-37,39-40,42-46,48-49,51-58H2,1-3H3/b12-9-,21-18-,30-27-,35-32-,41-38-,50-47-. The fraction of sp³-hybridized carbons (Fsp3) is 0.758. The Kier molecular flexibility index (Phi) is 53.8. The molecule has 6 nitrogen and oxygen atoms in total. The predicted molar refractivity (Wildman–Crippen MR) is 293 cm³/mol. The lowest BCUT2D eigenvalue weighted by Gasteiger charge is -2.18. The maximum absolute atomic E-state index is 12.8. The van der Waals surface area contributed by atoms with Gasteiger partial charge in [0.25, 0.3) is 0 Å². The Morgan fingerprint density at radius 1 is 0.309 bits per heavy atom. The summed E-state index contributed by atoms with van der Waals surface area (Å²) >= 11 is 0. The third-order valence-corrected chi connectivity index (χ3v) is 12.5. The second kappa shape index (κ2) is 56.4. The summed E-state index contributed by atoms with van der Waals surface area (Å²) in [6.45, 7) is 6.48. The molecule has 0 aliphatic rings. The number of unbranched alkanes of at least 4 members (excludes halogenated alkanes) is 29. The van der Waals surface area contributed by atoms with E-state index in [1.165, 1.54) is 161 Å². The average molecular weight is 950 g/mol. The number of carbonyl (C=O) groups excluding carboxylic acids is 3. The molecule has 6 heteroatoms. The zero-order valence-corrected chi connectivity index (χ0v) is 44.9. The van der Waals surface area contributed by atoms with E-state index in [2.05, 4.69) is 87.6 Å². The number of carbonyl (C=O) groups is 3. The molecule has 0 aromatic heterocycles. The van der Waals surface area contributed by atoms with E-state index in [9.17, 15) is 14.4 Å². The minimum absolute atomic E-state index is 0.105. The monoisotopic (exact) mass is 949 g/mol. The maximum atomic E-state index is 12.8. The van der Waals surface area contributed by atoms with Gasteiger partial charge in [-0.05, 0) is 77.0 Å². The van der Waals surface area contributed by atoms with Gasteiger partial charge in [0.1, 0.15) is 13.2 Å². The van der Waals surface area contributed by atoms with Gasteiger partial charge in [-0.25, -0.2) is 0 Å². The summed E-state index contributed by atoms with van der Waals surface area (Å²) in [5, 5.41) is 0. The maximum Gasteiger partial charge on any atom is 0.306 e. The van der Waals surface area contributed by atoms with Crippen molar-refractivity contribution in [2.75, 3.05) is 13.2 Å². The summed E-state index contributed by atoms with van der Waals surface area (Å²) in [6.07, 6.45) is 71.9. The van der Waals surface area contributed by atoms with Gasteiger partial charge in [-0.3, -0.25) is 14.4 Å². The molecule has 0 bridgehead atoms. The zero-order valence-electron chi connectivity index (χ0n) is 44.9. The van der Waals surface area contributed by atoms with Crippen molar-refractivity contribution in [2.45, 2.75) is 290 Å².